The number of sulfone groups is 1. The molecule has 3 rings (SSSR count). The van der Waals surface area contributed by atoms with Gasteiger partial charge in [0.25, 0.3) is 5.91 Å². The normalized spacial score (nSPS) is 12.5. The topological polar surface area (TPSA) is 76.4 Å². The van der Waals surface area contributed by atoms with Crippen LogP contribution < -0.4 is 5.32 Å². The van der Waals surface area contributed by atoms with E-state index in [1.807, 2.05) is 26.0 Å². The summed E-state index contributed by atoms with van der Waals surface area (Å²) >= 11 is 0. The maximum absolute atomic E-state index is 13.1. The number of benzene rings is 2. The quantitative estimate of drug-likeness (QED) is 0.702. The molecule has 1 heterocycles. The Hall–Kier alpha value is -2.86. The van der Waals surface area contributed by atoms with E-state index in [0.29, 0.717) is 11.3 Å². The summed E-state index contributed by atoms with van der Waals surface area (Å²) in [6.07, 6.45) is 1.43. The maximum Gasteiger partial charge on any atom is 0.251 e. The van der Waals surface area contributed by atoms with Gasteiger partial charge < -0.3 is 9.73 Å². The molecule has 6 heteroatoms. The molecule has 0 aliphatic carbocycles. The Balaban J connectivity index is 1.85. The van der Waals surface area contributed by atoms with E-state index in [1.165, 1.54) is 6.26 Å². The van der Waals surface area contributed by atoms with E-state index in [0.717, 1.165) is 11.1 Å². The van der Waals surface area contributed by atoms with Gasteiger partial charge in [-0.2, -0.15) is 0 Å². The minimum atomic E-state index is -3.73. The largest absolute Gasteiger partial charge is 0.468 e. The molecule has 0 aliphatic heterocycles. The Labute approximate surface area is 159 Å². The summed E-state index contributed by atoms with van der Waals surface area (Å²) in [4.78, 5) is 12.6. The van der Waals surface area contributed by atoms with Crippen LogP contribution in [0.2, 0.25) is 0 Å². The Bertz CT molecular complexity index is 1010. The summed E-state index contributed by atoms with van der Waals surface area (Å²) < 4.78 is 31.6. The summed E-state index contributed by atoms with van der Waals surface area (Å²) in [7, 11) is -3.73. The second kappa shape index (κ2) is 7.80. The standard InChI is InChI=1S/C21H21NO4S/c1-15-5-9-17(10-6-15)21(23)22-14-20(19-4-3-13-26-19)27(24,25)18-11-7-16(2)8-12-18/h3-13,20H,14H2,1-2H3,(H,22,23). The molecule has 1 aromatic heterocycles. The van der Waals surface area contributed by atoms with Crippen molar-refractivity contribution in [2.24, 2.45) is 0 Å². The average Bonchev–Trinajstić information content (AvgIpc) is 3.16. The van der Waals surface area contributed by atoms with Gasteiger partial charge in [-0.3, -0.25) is 4.79 Å². The second-order valence-electron chi connectivity index (χ2n) is 6.44. The molecule has 0 bridgehead atoms. The van der Waals surface area contributed by atoms with E-state index in [-0.39, 0.29) is 17.3 Å². The summed E-state index contributed by atoms with van der Waals surface area (Å²) in [6, 6.07) is 17.0. The Kier molecular flexibility index (Phi) is 5.46. The van der Waals surface area contributed by atoms with E-state index < -0.39 is 15.1 Å². The predicted molar refractivity (Wildman–Crippen MR) is 103 cm³/mol. The van der Waals surface area contributed by atoms with Crippen LogP contribution in [0.1, 0.15) is 32.5 Å². The molecular weight excluding hydrogens is 362 g/mol. The van der Waals surface area contributed by atoms with E-state index in [2.05, 4.69) is 5.32 Å². The Morgan fingerprint density at radius 3 is 2.11 bits per heavy atom. The number of furan rings is 1. The van der Waals surface area contributed by atoms with Gasteiger partial charge in [0.15, 0.2) is 9.84 Å². The number of hydrogen-bond donors (Lipinski definition) is 1. The van der Waals surface area contributed by atoms with Crippen LogP contribution in [-0.4, -0.2) is 20.9 Å². The fourth-order valence-electron chi connectivity index (χ4n) is 2.72. The van der Waals surface area contributed by atoms with Gasteiger partial charge in [0.05, 0.1) is 11.2 Å². The summed E-state index contributed by atoms with van der Waals surface area (Å²) in [5.41, 5.74) is 2.49. The third kappa shape index (κ3) is 4.28. The first-order chi connectivity index (χ1) is 12.9. The molecule has 1 atom stereocenters. The molecule has 0 radical (unpaired) electrons. The zero-order valence-corrected chi connectivity index (χ0v) is 16.0. The molecule has 27 heavy (non-hydrogen) atoms. The first kappa shape index (κ1) is 18.9. The van der Waals surface area contributed by atoms with Crippen LogP contribution in [0.5, 0.6) is 0 Å². The highest BCUT2D eigenvalue weighted by Gasteiger charge is 2.31. The number of aryl methyl sites for hydroxylation is 2. The third-order valence-electron chi connectivity index (χ3n) is 4.35. The second-order valence-corrected chi connectivity index (χ2v) is 8.57. The van der Waals surface area contributed by atoms with Crippen molar-refractivity contribution in [2.75, 3.05) is 6.54 Å². The van der Waals surface area contributed by atoms with Crippen LogP contribution in [0.25, 0.3) is 0 Å². The minimum Gasteiger partial charge on any atom is -0.468 e. The van der Waals surface area contributed by atoms with E-state index in [4.69, 9.17) is 4.42 Å². The van der Waals surface area contributed by atoms with Crippen LogP contribution in [0, 0.1) is 13.8 Å². The van der Waals surface area contributed by atoms with E-state index >= 15 is 0 Å². The van der Waals surface area contributed by atoms with Gasteiger partial charge in [-0.05, 0) is 50.2 Å². The maximum atomic E-state index is 13.1. The molecule has 5 nitrogen and oxygen atoms in total. The van der Waals surface area contributed by atoms with Crippen molar-refractivity contribution in [1.82, 2.24) is 5.32 Å². The Morgan fingerprint density at radius 1 is 0.963 bits per heavy atom. The lowest BCUT2D eigenvalue weighted by Crippen LogP contribution is -2.31. The summed E-state index contributed by atoms with van der Waals surface area (Å²) in [5.74, 6) is -0.0366. The lowest BCUT2D eigenvalue weighted by molar-refractivity contribution is 0.0953. The molecule has 3 aromatic rings. The fourth-order valence-corrected chi connectivity index (χ4v) is 4.31. The van der Waals surface area contributed by atoms with Crippen LogP contribution in [0.15, 0.2) is 76.2 Å². The Morgan fingerprint density at radius 2 is 1.56 bits per heavy atom. The van der Waals surface area contributed by atoms with Gasteiger partial charge in [-0.1, -0.05) is 35.4 Å². The number of carbonyl (C=O) groups excluding carboxylic acids is 1. The fraction of sp³-hybridized carbons (Fsp3) is 0.190. The van der Waals surface area contributed by atoms with Gasteiger partial charge in [0, 0.05) is 12.1 Å². The van der Waals surface area contributed by atoms with Crippen molar-refractivity contribution < 1.29 is 17.6 Å². The molecule has 1 amide bonds. The van der Waals surface area contributed by atoms with Gasteiger partial charge in [0.2, 0.25) is 0 Å². The minimum absolute atomic E-state index is 0.0869. The monoisotopic (exact) mass is 383 g/mol. The lowest BCUT2D eigenvalue weighted by atomic mass is 10.1. The number of nitrogens with one attached hydrogen (secondary N) is 1. The molecule has 0 saturated heterocycles. The van der Waals surface area contributed by atoms with Crippen LogP contribution in [-0.2, 0) is 9.84 Å². The highest BCUT2D eigenvalue weighted by atomic mass is 32.2. The number of hydrogen-bond acceptors (Lipinski definition) is 4. The van der Waals surface area contributed by atoms with Crippen molar-refractivity contribution in [1.29, 1.82) is 0 Å². The molecule has 0 spiro atoms. The highest BCUT2D eigenvalue weighted by molar-refractivity contribution is 7.91. The molecule has 2 aromatic carbocycles. The number of amides is 1. The SMILES string of the molecule is Cc1ccc(C(=O)NCC(c2ccco2)S(=O)(=O)c2ccc(C)cc2)cc1. The average molecular weight is 383 g/mol. The molecule has 1 unspecified atom stereocenters. The number of carbonyl (C=O) groups is 1. The summed E-state index contributed by atoms with van der Waals surface area (Å²) in [6.45, 7) is 3.74. The lowest BCUT2D eigenvalue weighted by Gasteiger charge is -2.17. The molecule has 0 aliphatic rings. The van der Waals surface area contributed by atoms with Crippen LogP contribution in [0.3, 0.4) is 0 Å². The molecular formula is C21H21NO4S. The van der Waals surface area contributed by atoms with Crippen molar-refractivity contribution in [2.45, 2.75) is 24.0 Å². The zero-order chi connectivity index (χ0) is 19.4. The predicted octanol–water partition coefficient (Wildman–Crippen LogP) is 3.84. The molecule has 140 valence electrons. The summed E-state index contributed by atoms with van der Waals surface area (Å²) in [5, 5.41) is 1.71. The zero-order valence-electron chi connectivity index (χ0n) is 15.2. The van der Waals surface area contributed by atoms with Crippen LogP contribution >= 0.6 is 0 Å². The number of rotatable bonds is 6. The van der Waals surface area contributed by atoms with Gasteiger partial charge in [0.1, 0.15) is 11.0 Å². The third-order valence-corrected chi connectivity index (χ3v) is 6.42. The smallest absolute Gasteiger partial charge is 0.251 e. The van der Waals surface area contributed by atoms with Crippen molar-refractivity contribution in [3.8, 4) is 0 Å². The van der Waals surface area contributed by atoms with Crippen molar-refractivity contribution in [3.05, 3.63) is 89.4 Å². The highest BCUT2D eigenvalue weighted by Crippen LogP contribution is 2.29. The first-order valence-corrected chi connectivity index (χ1v) is 10.1. The molecule has 0 saturated carbocycles. The van der Waals surface area contributed by atoms with Gasteiger partial charge in [-0.25, -0.2) is 8.42 Å². The van der Waals surface area contributed by atoms with Gasteiger partial charge in [-0.15, -0.1) is 0 Å². The van der Waals surface area contributed by atoms with E-state index in [9.17, 15) is 13.2 Å². The van der Waals surface area contributed by atoms with Crippen molar-refractivity contribution >= 4 is 15.7 Å². The van der Waals surface area contributed by atoms with Gasteiger partial charge >= 0.3 is 0 Å². The molecule has 1 N–H and O–H groups in total. The molecule has 0 fully saturated rings. The van der Waals surface area contributed by atoms with E-state index in [1.54, 1.807) is 48.5 Å². The first-order valence-electron chi connectivity index (χ1n) is 8.57. The van der Waals surface area contributed by atoms with Crippen molar-refractivity contribution in [3.63, 3.8) is 0 Å². The van der Waals surface area contributed by atoms with Crippen LogP contribution in [0.4, 0.5) is 0 Å².